The van der Waals surface area contributed by atoms with Crippen LogP contribution in [-0.4, -0.2) is 24.5 Å². The van der Waals surface area contributed by atoms with E-state index in [4.69, 9.17) is 5.26 Å². The molecule has 4 heteroatoms. The zero-order chi connectivity index (χ0) is 10.4. The van der Waals surface area contributed by atoms with Crippen LogP contribution in [0.1, 0.15) is 32.6 Å². The van der Waals surface area contributed by atoms with E-state index in [1.807, 2.05) is 6.07 Å². The molecule has 0 spiro atoms. The monoisotopic (exact) mass is 195 g/mol. The Bertz CT molecular complexity index is 238. The van der Waals surface area contributed by atoms with E-state index >= 15 is 0 Å². The van der Waals surface area contributed by atoms with Gasteiger partial charge in [0.1, 0.15) is 6.54 Å². The van der Waals surface area contributed by atoms with E-state index in [9.17, 15) is 4.79 Å². The second-order valence-electron chi connectivity index (χ2n) is 4.06. The molecule has 0 aromatic carbocycles. The average Bonchev–Trinajstić information content (AvgIpc) is 2.60. The van der Waals surface area contributed by atoms with E-state index in [0.29, 0.717) is 6.54 Å². The average molecular weight is 195 g/mol. The van der Waals surface area contributed by atoms with E-state index in [1.165, 1.54) is 12.8 Å². The maximum atomic E-state index is 11.2. The third kappa shape index (κ3) is 3.35. The molecule has 0 aromatic heterocycles. The van der Waals surface area contributed by atoms with Crippen molar-refractivity contribution in [3.05, 3.63) is 0 Å². The van der Waals surface area contributed by atoms with Crippen LogP contribution in [0.25, 0.3) is 0 Å². The van der Waals surface area contributed by atoms with Crippen molar-refractivity contribution in [1.29, 1.82) is 5.26 Å². The predicted octanol–water partition coefficient (Wildman–Crippen LogP) is 0.548. The Labute approximate surface area is 84.7 Å². The lowest BCUT2D eigenvalue weighted by molar-refractivity contribution is -0.120. The molecule has 1 saturated carbocycles. The molecule has 78 valence electrons. The van der Waals surface area contributed by atoms with Crippen molar-refractivity contribution in [2.45, 2.75) is 38.1 Å². The molecule has 2 N–H and O–H groups in total. The van der Waals surface area contributed by atoms with Gasteiger partial charge >= 0.3 is 0 Å². The van der Waals surface area contributed by atoms with E-state index in [1.54, 1.807) is 0 Å². The summed E-state index contributed by atoms with van der Waals surface area (Å²) in [5.74, 6) is -0.0975. The first-order chi connectivity index (χ1) is 6.66. The normalized spacial score (nSPS) is 18.9. The minimum Gasteiger partial charge on any atom is -0.342 e. The highest BCUT2D eigenvalue weighted by Gasteiger charge is 2.28. The van der Waals surface area contributed by atoms with Crippen LogP contribution in [-0.2, 0) is 4.79 Å². The van der Waals surface area contributed by atoms with Crippen molar-refractivity contribution in [3.8, 4) is 6.07 Å². The zero-order valence-corrected chi connectivity index (χ0v) is 8.60. The third-order valence-corrected chi connectivity index (χ3v) is 2.75. The quantitative estimate of drug-likeness (QED) is 0.644. The number of nitriles is 1. The molecule has 1 rings (SSSR count). The molecule has 1 amide bonds. The largest absolute Gasteiger partial charge is 0.342 e. The van der Waals surface area contributed by atoms with Gasteiger partial charge in [-0.05, 0) is 19.8 Å². The van der Waals surface area contributed by atoms with E-state index < -0.39 is 0 Å². The first-order valence-electron chi connectivity index (χ1n) is 5.05. The molecular formula is C10H17N3O. The Morgan fingerprint density at radius 1 is 1.50 bits per heavy atom. The fraction of sp³-hybridized carbons (Fsp3) is 0.800. The topological polar surface area (TPSA) is 64.9 Å². The molecule has 0 saturated heterocycles. The Morgan fingerprint density at radius 2 is 2.14 bits per heavy atom. The lowest BCUT2D eigenvalue weighted by atomic mass is 10.0. The minimum absolute atomic E-state index is 0.0945. The second kappa shape index (κ2) is 4.97. The van der Waals surface area contributed by atoms with Crippen LogP contribution in [0.5, 0.6) is 0 Å². The number of nitrogens with one attached hydrogen (secondary N) is 2. The van der Waals surface area contributed by atoms with Gasteiger partial charge in [-0.15, -0.1) is 0 Å². The van der Waals surface area contributed by atoms with Crippen LogP contribution >= 0.6 is 0 Å². The van der Waals surface area contributed by atoms with Gasteiger partial charge in [0.2, 0.25) is 5.91 Å². The number of amides is 1. The summed E-state index contributed by atoms with van der Waals surface area (Å²) in [6.07, 6.45) is 4.75. The highest BCUT2D eigenvalue weighted by molar-refractivity contribution is 5.78. The highest BCUT2D eigenvalue weighted by Crippen LogP contribution is 2.28. The molecule has 0 aliphatic heterocycles. The van der Waals surface area contributed by atoms with Crippen LogP contribution in [0.3, 0.4) is 0 Å². The summed E-state index contributed by atoms with van der Waals surface area (Å²) in [7, 11) is 0. The van der Waals surface area contributed by atoms with Crippen molar-refractivity contribution in [3.63, 3.8) is 0 Å². The molecule has 4 nitrogen and oxygen atoms in total. The Hall–Kier alpha value is -1.08. The van der Waals surface area contributed by atoms with Gasteiger partial charge in [-0.3, -0.25) is 4.79 Å². The Morgan fingerprint density at radius 3 is 2.71 bits per heavy atom. The van der Waals surface area contributed by atoms with Gasteiger partial charge in [0, 0.05) is 5.54 Å². The Kier molecular flexibility index (Phi) is 3.90. The van der Waals surface area contributed by atoms with Gasteiger partial charge in [-0.25, -0.2) is 0 Å². The molecule has 14 heavy (non-hydrogen) atoms. The lowest BCUT2D eigenvalue weighted by Gasteiger charge is -2.24. The van der Waals surface area contributed by atoms with E-state index in [2.05, 4.69) is 17.6 Å². The van der Waals surface area contributed by atoms with E-state index in [0.717, 1.165) is 12.8 Å². The highest BCUT2D eigenvalue weighted by atomic mass is 16.1. The van der Waals surface area contributed by atoms with Crippen molar-refractivity contribution < 1.29 is 4.79 Å². The maximum absolute atomic E-state index is 11.2. The summed E-state index contributed by atoms with van der Waals surface area (Å²) in [6, 6.07) is 1.88. The molecule has 1 fully saturated rings. The van der Waals surface area contributed by atoms with Crippen LogP contribution in [0.2, 0.25) is 0 Å². The van der Waals surface area contributed by atoms with Gasteiger partial charge in [-0.2, -0.15) is 5.26 Å². The first-order valence-corrected chi connectivity index (χ1v) is 5.05. The van der Waals surface area contributed by atoms with Crippen LogP contribution in [0.4, 0.5) is 0 Å². The summed E-state index contributed by atoms with van der Waals surface area (Å²) in [6.45, 7) is 2.56. The van der Waals surface area contributed by atoms with Gasteiger partial charge in [0.25, 0.3) is 0 Å². The van der Waals surface area contributed by atoms with Gasteiger partial charge in [-0.1, -0.05) is 12.8 Å². The molecule has 0 bridgehead atoms. The summed E-state index contributed by atoms with van der Waals surface area (Å²) >= 11 is 0. The number of hydrogen-bond acceptors (Lipinski definition) is 3. The molecule has 0 unspecified atom stereocenters. The standard InChI is InChI=1S/C10H17N3O/c1-10(4-2-3-5-10)13-8-9(14)12-7-6-11/h13H,2-5,7-8H2,1H3,(H,12,14). The fourth-order valence-corrected chi connectivity index (χ4v) is 1.83. The van der Waals surface area contributed by atoms with Crippen molar-refractivity contribution >= 4 is 5.91 Å². The fourth-order valence-electron chi connectivity index (χ4n) is 1.83. The lowest BCUT2D eigenvalue weighted by Crippen LogP contribution is -2.45. The predicted molar refractivity (Wildman–Crippen MR) is 53.5 cm³/mol. The van der Waals surface area contributed by atoms with Crippen molar-refractivity contribution in [1.82, 2.24) is 10.6 Å². The van der Waals surface area contributed by atoms with Crippen LogP contribution in [0.15, 0.2) is 0 Å². The van der Waals surface area contributed by atoms with Gasteiger partial charge < -0.3 is 10.6 Å². The molecule has 0 radical (unpaired) electrons. The van der Waals surface area contributed by atoms with Crippen molar-refractivity contribution in [2.75, 3.05) is 13.1 Å². The van der Waals surface area contributed by atoms with Gasteiger partial charge in [0.15, 0.2) is 0 Å². The number of hydrogen-bond donors (Lipinski definition) is 2. The SMILES string of the molecule is CC1(NCC(=O)NCC#N)CCCC1. The maximum Gasteiger partial charge on any atom is 0.234 e. The second-order valence-corrected chi connectivity index (χ2v) is 4.06. The van der Waals surface area contributed by atoms with E-state index in [-0.39, 0.29) is 18.0 Å². The Balaban J connectivity index is 2.19. The summed E-state index contributed by atoms with van der Waals surface area (Å²) in [4.78, 5) is 11.2. The molecule has 0 atom stereocenters. The number of rotatable bonds is 4. The smallest absolute Gasteiger partial charge is 0.234 e. The molecule has 0 heterocycles. The molecular weight excluding hydrogens is 178 g/mol. The molecule has 1 aliphatic carbocycles. The third-order valence-electron chi connectivity index (χ3n) is 2.75. The minimum atomic E-state index is -0.0975. The molecule has 0 aromatic rings. The first kappa shape index (κ1) is 11.0. The van der Waals surface area contributed by atoms with Gasteiger partial charge in [0.05, 0.1) is 12.6 Å². The van der Waals surface area contributed by atoms with Crippen LogP contribution < -0.4 is 10.6 Å². The van der Waals surface area contributed by atoms with Crippen molar-refractivity contribution in [2.24, 2.45) is 0 Å². The number of nitrogens with zero attached hydrogens (tertiary/aromatic N) is 1. The number of carbonyl (C=O) groups excluding carboxylic acids is 1. The summed E-state index contributed by atoms with van der Waals surface area (Å²) in [5, 5.41) is 14.0. The zero-order valence-electron chi connectivity index (χ0n) is 8.60. The molecule has 1 aliphatic rings. The summed E-state index contributed by atoms with van der Waals surface area (Å²) in [5.41, 5.74) is 0.129. The van der Waals surface area contributed by atoms with Crippen LogP contribution in [0, 0.1) is 11.3 Å². The number of carbonyl (C=O) groups is 1. The summed E-state index contributed by atoms with van der Waals surface area (Å²) < 4.78 is 0.